The van der Waals surface area contributed by atoms with Gasteiger partial charge in [0, 0.05) is 69.2 Å². The van der Waals surface area contributed by atoms with Crippen molar-refractivity contribution in [2.24, 2.45) is 0 Å². The van der Waals surface area contributed by atoms with E-state index in [0.717, 1.165) is 50.4 Å². The van der Waals surface area contributed by atoms with Gasteiger partial charge in [0.25, 0.3) is 0 Å². The highest BCUT2D eigenvalue weighted by Crippen LogP contribution is 2.37. The van der Waals surface area contributed by atoms with E-state index in [-0.39, 0.29) is 17.9 Å². The maximum absolute atomic E-state index is 13.7. The zero-order valence-electron chi connectivity index (χ0n) is 19.4. The second-order valence-corrected chi connectivity index (χ2v) is 9.93. The molecule has 1 amide bonds. The number of nitrogens with zero attached hydrogens (tertiary/aromatic N) is 5. The van der Waals surface area contributed by atoms with E-state index in [1.807, 2.05) is 29.2 Å². The van der Waals surface area contributed by atoms with Gasteiger partial charge in [0.1, 0.15) is 12.1 Å². The first-order valence-electron chi connectivity index (χ1n) is 11.9. The monoisotopic (exact) mass is 469 g/mol. The number of fused-ring (bicyclic) bond motifs is 1. The first kappa shape index (κ1) is 22.6. The lowest BCUT2D eigenvalue weighted by Crippen LogP contribution is -2.55. The molecule has 2 atom stereocenters. The van der Waals surface area contributed by atoms with Crippen molar-refractivity contribution in [3.63, 3.8) is 0 Å². The molecule has 0 N–H and O–H groups in total. The number of hydrogen-bond donors (Lipinski definition) is 0. The van der Waals surface area contributed by atoms with Crippen molar-refractivity contribution >= 4 is 23.3 Å². The zero-order valence-corrected chi connectivity index (χ0v) is 20.2. The third-order valence-electron chi connectivity index (χ3n) is 7.41. The normalized spacial score (nSPS) is 22.2. The number of carbonyl (C=O) groups is 1. The summed E-state index contributed by atoms with van der Waals surface area (Å²) in [4.78, 5) is 29.5. The summed E-state index contributed by atoms with van der Waals surface area (Å²) < 4.78 is 5.42. The fourth-order valence-corrected chi connectivity index (χ4v) is 5.46. The molecule has 2 saturated heterocycles. The molecule has 0 spiro atoms. The number of ether oxygens (including phenoxy) is 1. The molecule has 8 heteroatoms. The number of likely N-dealkylation sites (tertiary alicyclic amines) is 1. The van der Waals surface area contributed by atoms with Crippen LogP contribution < -0.4 is 4.90 Å². The molecule has 33 heavy (non-hydrogen) atoms. The number of benzene rings is 1. The van der Waals surface area contributed by atoms with Crippen LogP contribution in [-0.4, -0.2) is 84.7 Å². The van der Waals surface area contributed by atoms with Crippen molar-refractivity contribution in [3.05, 3.63) is 52.4 Å². The van der Waals surface area contributed by atoms with Crippen LogP contribution in [0.2, 0.25) is 5.02 Å². The van der Waals surface area contributed by atoms with Gasteiger partial charge in [0.15, 0.2) is 0 Å². The maximum atomic E-state index is 13.7. The molecule has 5 rings (SSSR count). The van der Waals surface area contributed by atoms with Gasteiger partial charge in [-0.15, -0.1) is 0 Å². The van der Waals surface area contributed by atoms with Crippen LogP contribution in [0.3, 0.4) is 0 Å². The molecule has 2 fully saturated rings. The minimum Gasteiger partial charge on any atom is -0.379 e. The van der Waals surface area contributed by atoms with Gasteiger partial charge in [-0.3, -0.25) is 9.69 Å². The Balaban J connectivity index is 1.28. The summed E-state index contributed by atoms with van der Waals surface area (Å²) in [5.74, 6) is 1.56. The summed E-state index contributed by atoms with van der Waals surface area (Å²) in [7, 11) is 1.75. The molecule has 7 nitrogen and oxygen atoms in total. The fraction of sp³-hybridized carbons (Fsp3) is 0.560. The Morgan fingerprint density at radius 2 is 1.88 bits per heavy atom. The predicted octanol–water partition coefficient (Wildman–Crippen LogP) is 2.94. The molecule has 0 unspecified atom stereocenters. The number of amides is 1. The number of rotatable bonds is 6. The molecule has 0 saturated carbocycles. The molecule has 3 heterocycles. The number of aryl methyl sites for hydroxylation is 1. The van der Waals surface area contributed by atoms with E-state index < -0.39 is 0 Å². The molecular formula is C25H32ClN5O2. The third-order valence-corrected chi connectivity index (χ3v) is 7.66. The first-order chi connectivity index (χ1) is 16.0. The van der Waals surface area contributed by atoms with E-state index in [1.165, 1.54) is 11.3 Å². The summed E-state index contributed by atoms with van der Waals surface area (Å²) in [6.45, 7) is 7.72. The number of anilines is 1. The predicted molar refractivity (Wildman–Crippen MR) is 129 cm³/mol. The molecule has 176 valence electrons. The van der Waals surface area contributed by atoms with Gasteiger partial charge in [0.2, 0.25) is 5.91 Å². The van der Waals surface area contributed by atoms with Gasteiger partial charge in [-0.25, -0.2) is 9.97 Å². The SMILES string of the molecule is COC1CN(C[C@H](C(=O)N2CCN(c3ncnc4c3[C@H](C)CC4)CC2)c2ccc(Cl)cc2)C1. The third kappa shape index (κ3) is 4.59. The Kier molecular flexibility index (Phi) is 6.54. The molecule has 0 radical (unpaired) electrons. The topological polar surface area (TPSA) is 61.8 Å². The van der Waals surface area contributed by atoms with Gasteiger partial charge >= 0.3 is 0 Å². The number of halogens is 1. The molecule has 1 aromatic heterocycles. The van der Waals surface area contributed by atoms with Crippen LogP contribution >= 0.6 is 11.6 Å². The van der Waals surface area contributed by atoms with Gasteiger partial charge < -0.3 is 14.5 Å². The number of piperazine rings is 1. The minimum atomic E-state index is -0.199. The second-order valence-electron chi connectivity index (χ2n) is 9.49. The van der Waals surface area contributed by atoms with Crippen LogP contribution in [0.25, 0.3) is 0 Å². The average molecular weight is 470 g/mol. The first-order valence-corrected chi connectivity index (χ1v) is 12.3. The van der Waals surface area contributed by atoms with Crippen molar-refractivity contribution in [2.75, 3.05) is 57.8 Å². The van der Waals surface area contributed by atoms with Crippen molar-refractivity contribution in [3.8, 4) is 0 Å². The quantitative estimate of drug-likeness (QED) is 0.648. The Bertz CT molecular complexity index is 987. The highest BCUT2D eigenvalue weighted by molar-refractivity contribution is 6.30. The minimum absolute atomic E-state index is 0.194. The van der Waals surface area contributed by atoms with Crippen LogP contribution in [0.4, 0.5) is 5.82 Å². The Morgan fingerprint density at radius 1 is 1.15 bits per heavy atom. The van der Waals surface area contributed by atoms with E-state index in [9.17, 15) is 4.79 Å². The second kappa shape index (κ2) is 9.57. The lowest BCUT2D eigenvalue weighted by Gasteiger charge is -2.42. The van der Waals surface area contributed by atoms with Crippen LogP contribution in [0.5, 0.6) is 0 Å². The van der Waals surface area contributed by atoms with Crippen molar-refractivity contribution < 1.29 is 9.53 Å². The van der Waals surface area contributed by atoms with Crippen molar-refractivity contribution in [1.82, 2.24) is 19.8 Å². The van der Waals surface area contributed by atoms with Crippen molar-refractivity contribution in [1.29, 1.82) is 0 Å². The van der Waals surface area contributed by atoms with Crippen LogP contribution in [0, 0.1) is 0 Å². The van der Waals surface area contributed by atoms with E-state index in [0.29, 0.717) is 30.6 Å². The number of aromatic nitrogens is 2. The van der Waals surface area contributed by atoms with Gasteiger partial charge in [-0.2, -0.15) is 0 Å². The lowest BCUT2D eigenvalue weighted by atomic mass is 9.94. The highest BCUT2D eigenvalue weighted by atomic mass is 35.5. The highest BCUT2D eigenvalue weighted by Gasteiger charge is 2.35. The number of methoxy groups -OCH3 is 1. The molecule has 1 aromatic carbocycles. The average Bonchev–Trinajstić information content (AvgIpc) is 3.20. The van der Waals surface area contributed by atoms with Crippen LogP contribution in [0.1, 0.15) is 42.0 Å². The number of hydrogen-bond acceptors (Lipinski definition) is 6. The molecule has 2 aromatic rings. The summed E-state index contributed by atoms with van der Waals surface area (Å²) in [5, 5.41) is 0.688. The zero-order chi connectivity index (χ0) is 22.9. The molecule has 0 bridgehead atoms. The van der Waals surface area contributed by atoms with E-state index in [2.05, 4.69) is 26.7 Å². The van der Waals surface area contributed by atoms with E-state index >= 15 is 0 Å². The molecule has 3 aliphatic rings. The Hall–Kier alpha value is -2.22. The molecular weight excluding hydrogens is 438 g/mol. The summed E-state index contributed by atoms with van der Waals surface area (Å²) in [6.07, 6.45) is 4.14. The standard InChI is InChI=1S/C25H32ClN5O2/c1-17-3-8-22-23(17)24(28-16-27-22)30-9-11-31(12-10-30)25(32)21(15-29-13-20(14-29)33-2)18-4-6-19(26)7-5-18/h4-7,16-17,20-21H,3,8-15H2,1-2H3/t17-,21+/m1/s1. The van der Waals surface area contributed by atoms with Gasteiger partial charge in [-0.05, 0) is 36.5 Å². The molecule has 2 aliphatic heterocycles. The Morgan fingerprint density at radius 3 is 2.58 bits per heavy atom. The van der Waals surface area contributed by atoms with E-state index in [4.69, 9.17) is 16.3 Å². The maximum Gasteiger partial charge on any atom is 0.231 e. The largest absolute Gasteiger partial charge is 0.379 e. The fourth-order valence-electron chi connectivity index (χ4n) is 5.33. The molecule has 1 aliphatic carbocycles. The van der Waals surface area contributed by atoms with Crippen molar-refractivity contribution in [2.45, 2.75) is 37.7 Å². The summed E-state index contributed by atoms with van der Waals surface area (Å²) in [5.41, 5.74) is 3.52. The Labute approximate surface area is 200 Å². The van der Waals surface area contributed by atoms with Crippen LogP contribution in [0.15, 0.2) is 30.6 Å². The smallest absolute Gasteiger partial charge is 0.231 e. The van der Waals surface area contributed by atoms with Gasteiger partial charge in [-0.1, -0.05) is 30.7 Å². The summed E-state index contributed by atoms with van der Waals surface area (Å²) in [6, 6.07) is 7.72. The van der Waals surface area contributed by atoms with Gasteiger partial charge in [0.05, 0.1) is 12.0 Å². The summed E-state index contributed by atoms with van der Waals surface area (Å²) >= 11 is 6.11. The van der Waals surface area contributed by atoms with E-state index in [1.54, 1.807) is 13.4 Å². The number of carbonyl (C=O) groups excluding carboxylic acids is 1. The van der Waals surface area contributed by atoms with Crippen LogP contribution in [-0.2, 0) is 16.0 Å². The lowest BCUT2D eigenvalue weighted by molar-refractivity contribution is -0.134.